The van der Waals surface area contributed by atoms with E-state index in [0.717, 1.165) is 11.6 Å². The number of guanidine groups is 1. The van der Waals surface area contributed by atoms with Crippen LogP contribution in [0.25, 0.3) is 0 Å². The highest BCUT2D eigenvalue weighted by atomic mass is 19.1. The molecule has 0 saturated heterocycles. The van der Waals surface area contributed by atoms with Crippen molar-refractivity contribution in [3.8, 4) is 0 Å². The summed E-state index contributed by atoms with van der Waals surface area (Å²) in [7, 11) is 0. The predicted octanol–water partition coefficient (Wildman–Crippen LogP) is 4.16. The fourth-order valence-electron chi connectivity index (χ4n) is 3.14. The fourth-order valence-corrected chi connectivity index (χ4v) is 3.14. The zero-order valence-corrected chi connectivity index (χ0v) is 15.6. The zero-order valence-electron chi connectivity index (χ0n) is 15.6. The Bertz CT molecular complexity index is 1050. The van der Waals surface area contributed by atoms with E-state index in [1.54, 1.807) is 18.3 Å². The first-order valence-electron chi connectivity index (χ1n) is 8.94. The van der Waals surface area contributed by atoms with E-state index in [0.29, 0.717) is 22.7 Å². The highest BCUT2D eigenvalue weighted by Gasteiger charge is 2.28. The molecule has 3 aromatic rings. The van der Waals surface area contributed by atoms with Crippen molar-refractivity contribution in [2.45, 2.75) is 19.9 Å². The van der Waals surface area contributed by atoms with E-state index in [1.165, 1.54) is 12.1 Å². The monoisotopic (exact) mass is 381 g/mol. The van der Waals surface area contributed by atoms with Gasteiger partial charge < -0.3 is 16.5 Å². The molecule has 2 aromatic carbocycles. The van der Waals surface area contributed by atoms with Gasteiger partial charge in [0.05, 0.1) is 17.1 Å². The molecule has 2 heterocycles. The van der Waals surface area contributed by atoms with Crippen molar-refractivity contribution in [3.63, 3.8) is 0 Å². The molecule has 144 valence electrons. The quantitative estimate of drug-likeness (QED) is 0.459. The van der Waals surface area contributed by atoms with Crippen molar-refractivity contribution in [3.05, 3.63) is 88.7 Å². The van der Waals surface area contributed by atoms with Gasteiger partial charge in [-0.1, -0.05) is 32.0 Å². The number of hydrogen-bond acceptors (Lipinski definition) is 2. The summed E-state index contributed by atoms with van der Waals surface area (Å²) in [6, 6.07) is 12.0. The molecule has 5 N–H and O–H groups in total. The summed E-state index contributed by atoms with van der Waals surface area (Å²) in [4.78, 5) is 12.1. The number of nitrogens with one attached hydrogen (secondary N) is 1. The first-order chi connectivity index (χ1) is 13.5. The predicted molar refractivity (Wildman–Crippen MR) is 108 cm³/mol. The lowest BCUT2D eigenvalue weighted by atomic mass is 9.97. The smallest absolute Gasteiger partial charge is 0.186 e. The number of halogens is 2. The maximum absolute atomic E-state index is 14.5. The van der Waals surface area contributed by atoms with E-state index in [-0.39, 0.29) is 11.5 Å². The number of para-hydroxylation sites is 1. The lowest BCUT2D eigenvalue weighted by Crippen LogP contribution is -2.24. The summed E-state index contributed by atoms with van der Waals surface area (Å²) < 4.78 is 27.8. The highest BCUT2D eigenvalue weighted by Crippen LogP contribution is 2.38. The third-order valence-electron chi connectivity index (χ3n) is 4.24. The van der Waals surface area contributed by atoms with Crippen LogP contribution >= 0.6 is 0 Å². The average Bonchev–Trinajstić information content (AvgIpc) is 3.12. The Labute approximate surface area is 161 Å². The van der Waals surface area contributed by atoms with Crippen molar-refractivity contribution >= 4 is 17.4 Å². The molecule has 0 amide bonds. The zero-order chi connectivity index (χ0) is 20.3. The van der Waals surface area contributed by atoms with Gasteiger partial charge in [-0.25, -0.2) is 18.8 Å². The minimum atomic E-state index is -0.686. The molecule has 5 nitrogen and oxygen atoms in total. The molecule has 28 heavy (non-hydrogen) atoms. The number of fused-ring (bicyclic) bond motifs is 2. The Balaban J connectivity index is 0.00000109. The van der Waals surface area contributed by atoms with Gasteiger partial charge in [0.2, 0.25) is 0 Å². The van der Waals surface area contributed by atoms with Crippen molar-refractivity contribution < 1.29 is 8.78 Å². The number of nitrogens with two attached hydrogens (primary N) is 2. The first kappa shape index (κ1) is 19.3. The number of aromatic amines is 1. The van der Waals surface area contributed by atoms with E-state index >= 15 is 0 Å². The molecule has 0 saturated carbocycles. The van der Waals surface area contributed by atoms with Gasteiger partial charge in [0.15, 0.2) is 5.96 Å². The van der Waals surface area contributed by atoms with Crippen LogP contribution in [0.4, 0.5) is 14.5 Å². The molecule has 0 fully saturated rings. The van der Waals surface area contributed by atoms with Crippen molar-refractivity contribution in [1.29, 1.82) is 0 Å². The second-order valence-electron chi connectivity index (χ2n) is 5.90. The Hall–Kier alpha value is -3.48. The molecule has 7 heteroatoms. The normalized spacial score (nSPS) is 14.6. The molecule has 0 radical (unpaired) electrons. The average molecular weight is 381 g/mol. The van der Waals surface area contributed by atoms with Crippen LogP contribution in [-0.2, 0) is 0 Å². The number of H-pyrrole nitrogens is 1. The van der Waals surface area contributed by atoms with Gasteiger partial charge in [-0.3, -0.25) is 0 Å². The van der Waals surface area contributed by atoms with Gasteiger partial charge >= 0.3 is 0 Å². The SMILES string of the molecule is CC.NC(N)=NC1c2ccccc2N=C(c2ccc(F)cc2F)c2cc[nH]c21. The molecule has 0 bridgehead atoms. The number of benzene rings is 2. The molecular weight excluding hydrogens is 360 g/mol. The number of rotatable bonds is 2. The largest absolute Gasteiger partial charge is 0.370 e. The van der Waals surface area contributed by atoms with Crippen molar-refractivity contribution in [2.24, 2.45) is 21.5 Å². The van der Waals surface area contributed by atoms with Crippen molar-refractivity contribution in [1.82, 2.24) is 4.98 Å². The minimum Gasteiger partial charge on any atom is -0.370 e. The number of nitrogens with zero attached hydrogens (tertiary/aromatic N) is 2. The van der Waals surface area contributed by atoms with Gasteiger partial charge in [0, 0.05) is 29.0 Å². The third-order valence-corrected chi connectivity index (χ3v) is 4.24. The van der Waals surface area contributed by atoms with E-state index in [9.17, 15) is 8.78 Å². The van der Waals surface area contributed by atoms with Crippen LogP contribution in [0.15, 0.2) is 64.7 Å². The molecular formula is C21H21F2N5. The van der Waals surface area contributed by atoms with E-state index in [4.69, 9.17) is 11.5 Å². The van der Waals surface area contributed by atoms with Crippen LogP contribution in [0.2, 0.25) is 0 Å². The van der Waals surface area contributed by atoms with Crippen LogP contribution in [0, 0.1) is 11.6 Å². The summed E-state index contributed by atoms with van der Waals surface area (Å²) in [5.41, 5.74) is 14.6. The van der Waals surface area contributed by atoms with Crippen molar-refractivity contribution in [2.75, 3.05) is 0 Å². The van der Waals surface area contributed by atoms with E-state index < -0.39 is 17.7 Å². The summed E-state index contributed by atoms with van der Waals surface area (Å²) in [5.74, 6) is -1.40. The molecule has 0 aliphatic carbocycles. The van der Waals surface area contributed by atoms with Crippen LogP contribution < -0.4 is 11.5 Å². The lowest BCUT2D eigenvalue weighted by molar-refractivity contribution is 0.582. The van der Waals surface area contributed by atoms with Crippen LogP contribution in [0.1, 0.15) is 42.3 Å². The molecule has 1 aromatic heterocycles. The summed E-state index contributed by atoms with van der Waals surface area (Å²) in [5, 5.41) is 0. The second-order valence-corrected chi connectivity index (χ2v) is 5.90. The molecule has 1 aliphatic heterocycles. The number of hydrogen-bond donors (Lipinski definition) is 3. The van der Waals surface area contributed by atoms with Gasteiger partial charge in [0.25, 0.3) is 0 Å². The molecule has 1 aliphatic rings. The Morgan fingerprint density at radius 1 is 1.04 bits per heavy atom. The number of aromatic nitrogens is 1. The maximum atomic E-state index is 14.5. The Kier molecular flexibility index (Phi) is 5.54. The summed E-state index contributed by atoms with van der Waals surface area (Å²) >= 11 is 0. The lowest BCUT2D eigenvalue weighted by Gasteiger charge is -2.13. The highest BCUT2D eigenvalue weighted by molar-refractivity contribution is 6.15. The second kappa shape index (κ2) is 8.04. The van der Waals surface area contributed by atoms with Gasteiger partial charge in [-0.05, 0) is 24.3 Å². The van der Waals surface area contributed by atoms with Crippen LogP contribution in [0.5, 0.6) is 0 Å². The topological polar surface area (TPSA) is 92.6 Å². The standard InChI is InChI=1S/C19H15F2N5.C2H6/c20-10-5-6-11(14(21)9-10)16-13-7-8-24-17(13)18(26-19(22)23)12-3-1-2-4-15(12)25-16;1-2/h1-9,18,24H,(H4,22,23,26);1-2H3. The Morgan fingerprint density at radius 3 is 2.50 bits per heavy atom. The Morgan fingerprint density at radius 2 is 1.79 bits per heavy atom. The minimum absolute atomic E-state index is 0.0678. The van der Waals surface area contributed by atoms with Gasteiger partial charge in [0.1, 0.15) is 17.7 Å². The van der Waals surface area contributed by atoms with Gasteiger partial charge in [-0.2, -0.15) is 0 Å². The van der Waals surface area contributed by atoms with Gasteiger partial charge in [-0.15, -0.1) is 0 Å². The number of aliphatic imine (C=N–C) groups is 2. The molecule has 1 unspecified atom stereocenters. The molecule has 0 spiro atoms. The fraction of sp³-hybridized carbons (Fsp3) is 0.143. The van der Waals surface area contributed by atoms with Crippen LogP contribution in [-0.4, -0.2) is 16.7 Å². The molecule has 4 rings (SSSR count). The maximum Gasteiger partial charge on any atom is 0.186 e. The van der Waals surface area contributed by atoms with E-state index in [1.807, 2.05) is 32.0 Å². The first-order valence-corrected chi connectivity index (χ1v) is 8.94. The molecule has 1 atom stereocenters. The summed E-state index contributed by atoms with van der Waals surface area (Å²) in [6.07, 6.45) is 1.71. The van der Waals surface area contributed by atoms with E-state index in [2.05, 4.69) is 15.0 Å². The van der Waals surface area contributed by atoms with Crippen LogP contribution in [0.3, 0.4) is 0 Å². The third kappa shape index (κ3) is 3.51. The summed E-state index contributed by atoms with van der Waals surface area (Å²) in [6.45, 7) is 4.00.